The zero-order valence-corrected chi connectivity index (χ0v) is 19.2. The molecule has 1 amide bonds. The Morgan fingerprint density at radius 1 is 1.39 bits per heavy atom. The SMILES string of the molecule is N#Cc1c(CC(=O)/C=C/c2cccnc2)sc2c1CC[C@H](COC(=O)N1CCC[C@@H](O)C1)C2. The highest BCUT2D eigenvalue weighted by Gasteiger charge is 2.28. The van der Waals surface area contributed by atoms with Crippen LogP contribution in [0.25, 0.3) is 6.08 Å². The van der Waals surface area contributed by atoms with Gasteiger partial charge in [0.25, 0.3) is 0 Å². The van der Waals surface area contributed by atoms with Crippen molar-refractivity contribution in [1.82, 2.24) is 9.88 Å². The fourth-order valence-corrected chi connectivity index (χ4v) is 5.82. The van der Waals surface area contributed by atoms with Crippen molar-refractivity contribution in [3.63, 3.8) is 0 Å². The molecule has 1 aliphatic carbocycles. The van der Waals surface area contributed by atoms with Crippen molar-refractivity contribution in [3.05, 3.63) is 57.0 Å². The number of allylic oxidation sites excluding steroid dienone is 1. The zero-order valence-electron chi connectivity index (χ0n) is 18.4. The van der Waals surface area contributed by atoms with Gasteiger partial charge in [0.15, 0.2) is 5.78 Å². The maximum absolute atomic E-state index is 12.5. The third kappa shape index (κ3) is 5.86. The van der Waals surface area contributed by atoms with Crippen molar-refractivity contribution in [2.75, 3.05) is 19.7 Å². The molecule has 1 fully saturated rings. The van der Waals surface area contributed by atoms with Gasteiger partial charge in [0.1, 0.15) is 6.07 Å². The summed E-state index contributed by atoms with van der Waals surface area (Å²) in [6, 6.07) is 5.99. The van der Waals surface area contributed by atoms with E-state index in [-0.39, 0.29) is 24.2 Å². The number of ketones is 1. The van der Waals surface area contributed by atoms with Crippen LogP contribution >= 0.6 is 11.3 Å². The van der Waals surface area contributed by atoms with E-state index in [1.165, 1.54) is 17.4 Å². The fourth-order valence-electron chi connectivity index (χ4n) is 4.39. The number of thiophene rings is 1. The normalized spacial score (nSPS) is 20.3. The highest BCUT2D eigenvalue weighted by atomic mass is 32.1. The van der Waals surface area contributed by atoms with Crippen LogP contribution in [0.15, 0.2) is 30.6 Å². The maximum atomic E-state index is 12.5. The molecular weight excluding hydrogens is 438 g/mol. The van der Waals surface area contributed by atoms with E-state index in [1.54, 1.807) is 23.4 Å². The molecule has 2 aromatic heterocycles. The van der Waals surface area contributed by atoms with E-state index in [1.807, 2.05) is 12.1 Å². The molecule has 33 heavy (non-hydrogen) atoms. The fraction of sp³-hybridized carbons (Fsp3) is 0.440. The van der Waals surface area contributed by atoms with Crippen molar-refractivity contribution >= 4 is 29.3 Å². The van der Waals surface area contributed by atoms with Crippen molar-refractivity contribution in [2.24, 2.45) is 5.92 Å². The number of piperidine rings is 1. The van der Waals surface area contributed by atoms with Crippen LogP contribution < -0.4 is 0 Å². The number of likely N-dealkylation sites (tertiary alicyclic amines) is 1. The summed E-state index contributed by atoms with van der Waals surface area (Å²) in [4.78, 5) is 32.3. The van der Waals surface area contributed by atoms with Gasteiger partial charge in [-0.1, -0.05) is 6.07 Å². The van der Waals surface area contributed by atoms with Crippen molar-refractivity contribution in [2.45, 2.75) is 44.6 Å². The van der Waals surface area contributed by atoms with Crippen LogP contribution in [0.5, 0.6) is 0 Å². The molecule has 0 unspecified atom stereocenters. The van der Waals surface area contributed by atoms with E-state index in [2.05, 4.69) is 11.1 Å². The molecule has 2 aliphatic rings. The largest absolute Gasteiger partial charge is 0.449 e. The van der Waals surface area contributed by atoms with Crippen molar-refractivity contribution in [3.8, 4) is 6.07 Å². The summed E-state index contributed by atoms with van der Waals surface area (Å²) in [5, 5.41) is 19.5. The first kappa shape index (κ1) is 23.1. The minimum absolute atomic E-state index is 0.0526. The second-order valence-corrected chi connectivity index (χ2v) is 9.79. The van der Waals surface area contributed by atoms with Gasteiger partial charge in [0.05, 0.1) is 18.3 Å². The Morgan fingerprint density at radius 3 is 3.03 bits per heavy atom. The van der Waals surface area contributed by atoms with Gasteiger partial charge in [0, 0.05) is 41.7 Å². The van der Waals surface area contributed by atoms with Gasteiger partial charge in [-0.05, 0) is 67.4 Å². The average Bonchev–Trinajstić information content (AvgIpc) is 3.17. The van der Waals surface area contributed by atoms with E-state index in [0.29, 0.717) is 25.3 Å². The molecule has 2 aromatic rings. The number of nitriles is 1. The van der Waals surface area contributed by atoms with Gasteiger partial charge >= 0.3 is 6.09 Å². The molecule has 3 heterocycles. The number of aliphatic hydroxyl groups excluding tert-OH is 1. The summed E-state index contributed by atoms with van der Waals surface area (Å²) in [6.07, 6.45) is 9.84. The Bertz CT molecular complexity index is 1070. The van der Waals surface area contributed by atoms with Crippen LogP contribution in [-0.2, 0) is 28.8 Å². The van der Waals surface area contributed by atoms with E-state index in [0.717, 1.165) is 53.0 Å². The van der Waals surface area contributed by atoms with Crippen LogP contribution in [0.4, 0.5) is 4.79 Å². The zero-order chi connectivity index (χ0) is 23.2. The summed E-state index contributed by atoms with van der Waals surface area (Å²) < 4.78 is 5.53. The lowest BCUT2D eigenvalue weighted by Gasteiger charge is -2.30. The lowest BCUT2D eigenvalue weighted by Crippen LogP contribution is -2.42. The number of amides is 1. The lowest BCUT2D eigenvalue weighted by atomic mass is 9.87. The van der Waals surface area contributed by atoms with Gasteiger partial charge in [-0.2, -0.15) is 5.26 Å². The number of pyridine rings is 1. The number of aromatic nitrogens is 1. The van der Waals surface area contributed by atoms with Gasteiger partial charge in [-0.15, -0.1) is 11.3 Å². The third-order valence-electron chi connectivity index (χ3n) is 6.13. The van der Waals surface area contributed by atoms with Crippen molar-refractivity contribution < 1.29 is 19.4 Å². The summed E-state index contributed by atoms with van der Waals surface area (Å²) in [7, 11) is 0. The lowest BCUT2D eigenvalue weighted by molar-refractivity contribution is -0.113. The van der Waals surface area contributed by atoms with E-state index < -0.39 is 6.10 Å². The molecule has 0 radical (unpaired) electrons. The van der Waals surface area contributed by atoms with Gasteiger partial charge in [-0.25, -0.2) is 4.79 Å². The maximum Gasteiger partial charge on any atom is 0.409 e. The summed E-state index contributed by atoms with van der Waals surface area (Å²) in [6.45, 7) is 1.28. The number of β-amino-alcohol motifs (C(OH)–C–C–N with tert-alkyl or cyclic N) is 1. The number of ether oxygens (including phenoxy) is 1. The first-order valence-corrected chi connectivity index (χ1v) is 12.1. The molecular formula is C25H27N3O4S. The summed E-state index contributed by atoms with van der Waals surface area (Å²) >= 11 is 1.53. The number of hydrogen-bond acceptors (Lipinski definition) is 7. The molecule has 8 heteroatoms. The topological polar surface area (TPSA) is 104 Å². The number of aliphatic hydroxyl groups is 1. The molecule has 7 nitrogen and oxygen atoms in total. The molecule has 0 bridgehead atoms. The molecule has 0 aromatic carbocycles. The number of fused-ring (bicyclic) bond motifs is 1. The molecule has 1 aliphatic heterocycles. The minimum Gasteiger partial charge on any atom is -0.449 e. The molecule has 1 N–H and O–H groups in total. The van der Waals surface area contributed by atoms with Gasteiger partial charge in [-0.3, -0.25) is 9.78 Å². The highest BCUT2D eigenvalue weighted by molar-refractivity contribution is 7.12. The average molecular weight is 466 g/mol. The van der Waals surface area contributed by atoms with E-state index in [9.17, 15) is 20.0 Å². The minimum atomic E-state index is -0.473. The van der Waals surface area contributed by atoms with Crippen LogP contribution in [0.3, 0.4) is 0 Å². The quantitative estimate of drug-likeness (QED) is 0.655. The number of rotatable bonds is 6. The predicted octanol–water partition coefficient (Wildman–Crippen LogP) is 3.54. The first-order chi connectivity index (χ1) is 16.0. The second kappa shape index (κ2) is 10.7. The Morgan fingerprint density at radius 2 is 2.27 bits per heavy atom. The predicted molar refractivity (Wildman–Crippen MR) is 125 cm³/mol. The Hall–Kier alpha value is -3.02. The van der Waals surface area contributed by atoms with E-state index >= 15 is 0 Å². The highest BCUT2D eigenvalue weighted by Crippen LogP contribution is 2.36. The molecule has 0 spiro atoms. The first-order valence-electron chi connectivity index (χ1n) is 11.3. The molecule has 172 valence electrons. The van der Waals surface area contributed by atoms with Gasteiger partial charge < -0.3 is 14.7 Å². The van der Waals surface area contributed by atoms with Gasteiger partial charge in [0.2, 0.25) is 0 Å². The number of carbonyl (C=O) groups is 2. The molecule has 2 atom stereocenters. The van der Waals surface area contributed by atoms with Crippen molar-refractivity contribution in [1.29, 1.82) is 5.26 Å². The standard InChI is InChI=1S/C25H27N3O4S/c26-13-22-21-8-6-18(16-32-25(31)28-10-2-4-20(30)15-28)11-23(21)33-24(22)12-19(29)7-5-17-3-1-9-27-14-17/h1,3,5,7,9,14,18,20,30H,2,4,6,8,10-12,15-16H2/b7-5+/t18-,20+/m0/s1. The second-order valence-electron chi connectivity index (χ2n) is 8.60. The Labute approximate surface area is 197 Å². The molecule has 1 saturated heterocycles. The molecule has 4 rings (SSSR count). The summed E-state index contributed by atoms with van der Waals surface area (Å²) in [5.41, 5.74) is 2.53. The molecule has 0 saturated carbocycles. The number of nitrogens with zero attached hydrogens (tertiary/aromatic N) is 3. The van der Waals surface area contributed by atoms with Crippen LogP contribution in [0.2, 0.25) is 0 Å². The van der Waals surface area contributed by atoms with Crippen LogP contribution in [0.1, 0.15) is 45.7 Å². The third-order valence-corrected chi connectivity index (χ3v) is 7.38. The number of carbonyl (C=O) groups excluding carboxylic acids is 2. The Kier molecular flexibility index (Phi) is 7.53. The van der Waals surface area contributed by atoms with Crippen LogP contribution in [-0.4, -0.2) is 52.7 Å². The van der Waals surface area contributed by atoms with E-state index in [4.69, 9.17) is 4.74 Å². The van der Waals surface area contributed by atoms with Crippen LogP contribution in [0, 0.1) is 17.2 Å². The summed E-state index contributed by atoms with van der Waals surface area (Å²) in [5.74, 6) is 0.138. The smallest absolute Gasteiger partial charge is 0.409 e. The Balaban J connectivity index is 1.35. The number of hydrogen-bond donors (Lipinski definition) is 1. The monoisotopic (exact) mass is 465 g/mol.